The van der Waals surface area contributed by atoms with E-state index >= 15 is 0 Å². The van der Waals surface area contributed by atoms with Crippen molar-refractivity contribution in [3.8, 4) is 0 Å². The first-order chi connectivity index (χ1) is 6.88. The number of aliphatic hydroxyl groups is 1. The van der Waals surface area contributed by atoms with E-state index in [1.807, 2.05) is 13.8 Å². The summed E-state index contributed by atoms with van der Waals surface area (Å²) in [6.07, 6.45) is 2.98. The molecule has 1 aromatic rings. The van der Waals surface area contributed by atoms with Crippen LogP contribution in [0.25, 0.3) is 0 Å². The lowest BCUT2D eigenvalue weighted by molar-refractivity contribution is 0.0689. The molecular weight excluding hydrogens is 184 g/mol. The molecule has 0 bridgehead atoms. The van der Waals surface area contributed by atoms with Crippen LogP contribution >= 0.6 is 0 Å². The van der Waals surface area contributed by atoms with Crippen molar-refractivity contribution < 1.29 is 5.11 Å². The second kappa shape index (κ2) is 4.80. The minimum absolute atomic E-state index is 0.529. The Labute approximate surface area is 93.1 Å². The number of rotatable bonds is 4. The molecule has 0 aliphatic rings. The fourth-order valence-electron chi connectivity index (χ4n) is 1.84. The van der Waals surface area contributed by atoms with Crippen LogP contribution < -0.4 is 0 Å². The van der Waals surface area contributed by atoms with Gasteiger partial charge in [-0.1, -0.05) is 23.8 Å². The van der Waals surface area contributed by atoms with Gasteiger partial charge in [-0.3, -0.25) is 0 Å². The molecule has 0 fully saturated rings. The zero-order valence-electron chi connectivity index (χ0n) is 10.3. The Morgan fingerprint density at radius 3 is 2.40 bits per heavy atom. The molecule has 0 atom stereocenters. The van der Waals surface area contributed by atoms with Crippen LogP contribution in [0.1, 0.15) is 43.4 Å². The lowest BCUT2D eigenvalue weighted by atomic mass is 9.96. The van der Waals surface area contributed by atoms with Gasteiger partial charge in [-0.25, -0.2) is 0 Å². The van der Waals surface area contributed by atoms with Crippen molar-refractivity contribution in [3.05, 3.63) is 34.9 Å². The Bertz CT molecular complexity index is 321. The zero-order valence-corrected chi connectivity index (χ0v) is 10.3. The predicted octanol–water partition coefficient (Wildman–Crippen LogP) is 3.40. The highest BCUT2D eigenvalue weighted by Crippen LogP contribution is 2.16. The molecule has 0 radical (unpaired) electrons. The van der Waals surface area contributed by atoms with Gasteiger partial charge in [-0.05, 0) is 58.1 Å². The molecule has 0 unspecified atom stereocenters. The molecule has 0 aromatic heterocycles. The standard InChI is InChI=1S/C14H22O/c1-11-7-8-13(12(2)10-11)6-5-9-14(3,4)15/h7-8,10,15H,5-6,9H2,1-4H3. The maximum absolute atomic E-state index is 9.61. The van der Waals surface area contributed by atoms with Crippen LogP contribution in [0.4, 0.5) is 0 Å². The summed E-state index contributed by atoms with van der Waals surface area (Å²) >= 11 is 0. The van der Waals surface area contributed by atoms with Gasteiger partial charge in [0.05, 0.1) is 5.60 Å². The van der Waals surface area contributed by atoms with Gasteiger partial charge in [0.1, 0.15) is 0 Å². The van der Waals surface area contributed by atoms with Crippen molar-refractivity contribution in [2.45, 2.75) is 52.6 Å². The van der Waals surface area contributed by atoms with Crippen LogP contribution in [-0.2, 0) is 6.42 Å². The van der Waals surface area contributed by atoms with Crippen molar-refractivity contribution >= 4 is 0 Å². The van der Waals surface area contributed by atoms with Crippen LogP contribution in [0.5, 0.6) is 0 Å². The molecule has 0 saturated heterocycles. The number of hydrogen-bond donors (Lipinski definition) is 1. The lowest BCUT2D eigenvalue weighted by Crippen LogP contribution is -2.18. The summed E-state index contributed by atoms with van der Waals surface area (Å²) in [7, 11) is 0. The van der Waals surface area contributed by atoms with Crippen molar-refractivity contribution in [2.24, 2.45) is 0 Å². The third-order valence-electron chi connectivity index (χ3n) is 2.73. The van der Waals surface area contributed by atoms with Crippen molar-refractivity contribution in [2.75, 3.05) is 0 Å². The summed E-state index contributed by atoms with van der Waals surface area (Å²) in [5, 5.41) is 9.61. The summed E-state index contributed by atoms with van der Waals surface area (Å²) in [6, 6.07) is 6.58. The molecule has 1 N–H and O–H groups in total. The maximum atomic E-state index is 9.61. The van der Waals surface area contributed by atoms with E-state index in [0.717, 1.165) is 19.3 Å². The minimum Gasteiger partial charge on any atom is -0.390 e. The molecule has 0 spiro atoms. The third-order valence-corrected chi connectivity index (χ3v) is 2.73. The number of hydrogen-bond acceptors (Lipinski definition) is 1. The van der Waals surface area contributed by atoms with E-state index in [4.69, 9.17) is 0 Å². The van der Waals surface area contributed by atoms with Crippen molar-refractivity contribution in [1.82, 2.24) is 0 Å². The molecule has 84 valence electrons. The summed E-state index contributed by atoms with van der Waals surface area (Å²) < 4.78 is 0. The normalized spacial score (nSPS) is 11.8. The fraction of sp³-hybridized carbons (Fsp3) is 0.571. The van der Waals surface area contributed by atoms with Gasteiger partial charge in [-0.2, -0.15) is 0 Å². The molecule has 0 aliphatic carbocycles. The number of benzene rings is 1. The lowest BCUT2D eigenvalue weighted by Gasteiger charge is -2.16. The Kier molecular flexibility index (Phi) is 3.92. The number of aryl methyl sites for hydroxylation is 3. The highest BCUT2D eigenvalue weighted by Gasteiger charge is 2.11. The second-order valence-corrected chi connectivity index (χ2v) is 5.10. The molecule has 1 heteroatoms. The van der Waals surface area contributed by atoms with Gasteiger partial charge in [0.25, 0.3) is 0 Å². The zero-order chi connectivity index (χ0) is 11.5. The maximum Gasteiger partial charge on any atom is 0.0591 e. The van der Waals surface area contributed by atoms with E-state index in [0.29, 0.717) is 0 Å². The van der Waals surface area contributed by atoms with Gasteiger partial charge in [0, 0.05) is 0 Å². The predicted molar refractivity (Wildman–Crippen MR) is 65.2 cm³/mol. The SMILES string of the molecule is Cc1ccc(CCCC(C)(C)O)c(C)c1. The van der Waals surface area contributed by atoms with E-state index in [2.05, 4.69) is 32.0 Å². The van der Waals surface area contributed by atoms with Gasteiger partial charge < -0.3 is 5.11 Å². The molecule has 0 amide bonds. The van der Waals surface area contributed by atoms with E-state index in [9.17, 15) is 5.11 Å². The smallest absolute Gasteiger partial charge is 0.0591 e. The average molecular weight is 206 g/mol. The van der Waals surface area contributed by atoms with E-state index in [-0.39, 0.29) is 0 Å². The van der Waals surface area contributed by atoms with E-state index < -0.39 is 5.60 Å². The third kappa shape index (κ3) is 4.48. The Morgan fingerprint density at radius 1 is 1.20 bits per heavy atom. The van der Waals surface area contributed by atoms with Crippen LogP contribution in [0.3, 0.4) is 0 Å². The quantitative estimate of drug-likeness (QED) is 0.800. The van der Waals surface area contributed by atoms with Gasteiger partial charge in [0.15, 0.2) is 0 Å². The van der Waals surface area contributed by atoms with Crippen LogP contribution in [0, 0.1) is 13.8 Å². The van der Waals surface area contributed by atoms with Gasteiger partial charge in [-0.15, -0.1) is 0 Å². The van der Waals surface area contributed by atoms with E-state index in [1.54, 1.807) is 0 Å². The highest BCUT2D eigenvalue weighted by atomic mass is 16.3. The highest BCUT2D eigenvalue weighted by molar-refractivity contribution is 5.30. The molecule has 1 aromatic carbocycles. The van der Waals surface area contributed by atoms with Crippen LogP contribution in [-0.4, -0.2) is 10.7 Å². The summed E-state index contributed by atoms with van der Waals surface area (Å²) in [6.45, 7) is 8.02. The molecule has 1 rings (SSSR count). The topological polar surface area (TPSA) is 20.2 Å². The van der Waals surface area contributed by atoms with E-state index in [1.165, 1.54) is 16.7 Å². The molecule has 0 saturated carbocycles. The van der Waals surface area contributed by atoms with Gasteiger partial charge in [0.2, 0.25) is 0 Å². The molecule has 0 heterocycles. The van der Waals surface area contributed by atoms with Crippen LogP contribution in [0.15, 0.2) is 18.2 Å². The monoisotopic (exact) mass is 206 g/mol. The average Bonchev–Trinajstić information content (AvgIpc) is 2.07. The van der Waals surface area contributed by atoms with Gasteiger partial charge >= 0.3 is 0 Å². The fourth-order valence-corrected chi connectivity index (χ4v) is 1.84. The molecule has 1 nitrogen and oxygen atoms in total. The largest absolute Gasteiger partial charge is 0.390 e. The molecule has 0 aliphatic heterocycles. The minimum atomic E-state index is -0.529. The van der Waals surface area contributed by atoms with Crippen molar-refractivity contribution in [3.63, 3.8) is 0 Å². The first kappa shape index (κ1) is 12.3. The first-order valence-electron chi connectivity index (χ1n) is 5.67. The van der Waals surface area contributed by atoms with Crippen molar-refractivity contribution in [1.29, 1.82) is 0 Å². The Balaban J connectivity index is 2.51. The Hall–Kier alpha value is -0.820. The Morgan fingerprint density at radius 2 is 1.87 bits per heavy atom. The summed E-state index contributed by atoms with van der Waals surface area (Å²) in [5.74, 6) is 0. The first-order valence-corrected chi connectivity index (χ1v) is 5.67. The molecule has 15 heavy (non-hydrogen) atoms. The second-order valence-electron chi connectivity index (χ2n) is 5.10. The van der Waals surface area contributed by atoms with Crippen LogP contribution in [0.2, 0.25) is 0 Å². The summed E-state index contributed by atoms with van der Waals surface area (Å²) in [4.78, 5) is 0. The summed E-state index contributed by atoms with van der Waals surface area (Å²) in [5.41, 5.74) is 3.56. The molecular formula is C14H22O.